The molecular formula is C16H18N4O4. The second-order valence-electron chi connectivity index (χ2n) is 5.63. The molecule has 1 atom stereocenters. The minimum atomic E-state index is -0.706. The fourth-order valence-corrected chi connectivity index (χ4v) is 2.68. The van der Waals surface area contributed by atoms with Crippen molar-refractivity contribution in [3.63, 3.8) is 0 Å². The summed E-state index contributed by atoms with van der Waals surface area (Å²) in [6.45, 7) is 1.31. The summed E-state index contributed by atoms with van der Waals surface area (Å²) in [7, 11) is 0. The van der Waals surface area contributed by atoms with Crippen LogP contribution in [0.25, 0.3) is 0 Å². The van der Waals surface area contributed by atoms with Gasteiger partial charge in [0.2, 0.25) is 0 Å². The number of nitrogens with zero attached hydrogens (tertiary/aromatic N) is 2. The number of pyridine rings is 1. The molecule has 1 saturated heterocycles. The number of carbonyl (C=O) groups excluding carboxylic acids is 1. The van der Waals surface area contributed by atoms with E-state index in [0.29, 0.717) is 18.8 Å². The molecule has 0 radical (unpaired) electrons. The number of aromatic amines is 2. The van der Waals surface area contributed by atoms with Gasteiger partial charge in [-0.3, -0.25) is 19.6 Å². The van der Waals surface area contributed by atoms with E-state index in [1.54, 1.807) is 12.3 Å². The summed E-state index contributed by atoms with van der Waals surface area (Å²) in [5, 5.41) is 0. The fourth-order valence-electron chi connectivity index (χ4n) is 2.68. The molecule has 2 N–H and O–H groups in total. The SMILES string of the molecule is O=C(c1c[nH]c(=O)[nH]c1=O)N(Cc1ccccn1)C[C@@H]1CCCO1. The monoisotopic (exact) mass is 330 g/mol. The van der Waals surface area contributed by atoms with Gasteiger partial charge in [0.1, 0.15) is 5.56 Å². The largest absolute Gasteiger partial charge is 0.376 e. The molecule has 1 amide bonds. The molecule has 0 unspecified atom stereocenters. The van der Waals surface area contributed by atoms with Gasteiger partial charge in [0.25, 0.3) is 11.5 Å². The third-order valence-electron chi connectivity index (χ3n) is 3.86. The van der Waals surface area contributed by atoms with Gasteiger partial charge in [0.15, 0.2) is 0 Å². The maximum atomic E-state index is 12.8. The number of nitrogens with one attached hydrogen (secondary N) is 2. The summed E-state index contributed by atoms with van der Waals surface area (Å²) in [5.41, 5.74) is -0.748. The van der Waals surface area contributed by atoms with Crippen molar-refractivity contribution in [1.82, 2.24) is 19.9 Å². The van der Waals surface area contributed by atoms with Crippen LogP contribution in [0.3, 0.4) is 0 Å². The number of amides is 1. The summed E-state index contributed by atoms with van der Waals surface area (Å²) >= 11 is 0. The number of H-pyrrole nitrogens is 2. The Kier molecular flexibility index (Phi) is 4.85. The number of ether oxygens (including phenoxy) is 1. The zero-order valence-corrected chi connectivity index (χ0v) is 13.0. The Balaban J connectivity index is 1.85. The molecule has 0 aliphatic carbocycles. The Morgan fingerprint density at radius 2 is 2.25 bits per heavy atom. The van der Waals surface area contributed by atoms with Crippen molar-refractivity contribution in [2.75, 3.05) is 13.2 Å². The Morgan fingerprint density at radius 1 is 1.38 bits per heavy atom. The lowest BCUT2D eigenvalue weighted by Crippen LogP contribution is -2.40. The van der Waals surface area contributed by atoms with Crippen LogP contribution in [0, 0.1) is 0 Å². The number of rotatable bonds is 5. The second kappa shape index (κ2) is 7.22. The summed E-state index contributed by atoms with van der Waals surface area (Å²) in [6, 6.07) is 5.44. The molecule has 3 heterocycles. The summed E-state index contributed by atoms with van der Waals surface area (Å²) < 4.78 is 5.60. The van der Waals surface area contributed by atoms with Gasteiger partial charge in [0, 0.05) is 25.5 Å². The van der Waals surface area contributed by atoms with Crippen LogP contribution in [-0.4, -0.2) is 45.0 Å². The molecule has 2 aromatic rings. The van der Waals surface area contributed by atoms with Crippen LogP contribution in [0.15, 0.2) is 40.2 Å². The molecule has 8 heteroatoms. The molecule has 0 aromatic carbocycles. The average Bonchev–Trinajstić information content (AvgIpc) is 3.08. The van der Waals surface area contributed by atoms with Crippen molar-refractivity contribution in [2.24, 2.45) is 0 Å². The van der Waals surface area contributed by atoms with Crippen molar-refractivity contribution in [2.45, 2.75) is 25.5 Å². The maximum absolute atomic E-state index is 12.8. The van der Waals surface area contributed by atoms with E-state index in [-0.39, 0.29) is 18.2 Å². The smallest absolute Gasteiger partial charge is 0.325 e. The van der Waals surface area contributed by atoms with Crippen molar-refractivity contribution in [1.29, 1.82) is 0 Å². The first-order valence-electron chi connectivity index (χ1n) is 7.76. The first kappa shape index (κ1) is 16.1. The van der Waals surface area contributed by atoms with Crippen LogP contribution in [0.2, 0.25) is 0 Å². The van der Waals surface area contributed by atoms with Crippen LogP contribution in [0.5, 0.6) is 0 Å². The lowest BCUT2D eigenvalue weighted by Gasteiger charge is -2.25. The average molecular weight is 330 g/mol. The highest BCUT2D eigenvalue weighted by molar-refractivity contribution is 5.93. The zero-order chi connectivity index (χ0) is 16.9. The number of hydrogen-bond acceptors (Lipinski definition) is 5. The first-order chi connectivity index (χ1) is 11.6. The minimum Gasteiger partial charge on any atom is -0.376 e. The minimum absolute atomic E-state index is 0.0560. The Labute approximate surface area is 137 Å². The predicted molar refractivity (Wildman–Crippen MR) is 85.6 cm³/mol. The Morgan fingerprint density at radius 3 is 2.92 bits per heavy atom. The van der Waals surface area contributed by atoms with E-state index in [0.717, 1.165) is 19.0 Å². The van der Waals surface area contributed by atoms with Crippen molar-refractivity contribution in [3.8, 4) is 0 Å². The van der Waals surface area contributed by atoms with E-state index < -0.39 is 17.2 Å². The standard InChI is InChI=1S/C16H18N4O4/c21-14-13(8-18-16(23)19-14)15(22)20(10-12-5-3-7-24-12)9-11-4-1-2-6-17-11/h1-2,4,6,8,12H,3,5,7,9-10H2,(H2,18,19,21,23)/t12-/m0/s1. The van der Waals surface area contributed by atoms with Gasteiger partial charge in [-0.25, -0.2) is 4.79 Å². The van der Waals surface area contributed by atoms with Crippen molar-refractivity contribution >= 4 is 5.91 Å². The Bertz CT molecular complexity index is 809. The normalized spacial score (nSPS) is 16.9. The van der Waals surface area contributed by atoms with E-state index in [9.17, 15) is 14.4 Å². The highest BCUT2D eigenvalue weighted by atomic mass is 16.5. The van der Waals surface area contributed by atoms with Gasteiger partial charge in [-0.1, -0.05) is 6.07 Å². The van der Waals surface area contributed by atoms with Crippen LogP contribution < -0.4 is 11.2 Å². The van der Waals surface area contributed by atoms with E-state index >= 15 is 0 Å². The summed E-state index contributed by atoms with van der Waals surface area (Å²) in [6.07, 6.45) is 4.56. The van der Waals surface area contributed by atoms with Gasteiger partial charge in [-0.05, 0) is 25.0 Å². The molecule has 8 nitrogen and oxygen atoms in total. The zero-order valence-electron chi connectivity index (χ0n) is 13.0. The topological polar surface area (TPSA) is 108 Å². The van der Waals surface area contributed by atoms with Crippen LogP contribution >= 0.6 is 0 Å². The lowest BCUT2D eigenvalue weighted by atomic mass is 10.2. The van der Waals surface area contributed by atoms with E-state index in [1.165, 1.54) is 4.90 Å². The molecule has 2 aromatic heterocycles. The quantitative estimate of drug-likeness (QED) is 0.818. The molecule has 3 rings (SSSR count). The lowest BCUT2D eigenvalue weighted by molar-refractivity contribution is 0.0502. The first-order valence-corrected chi connectivity index (χ1v) is 7.76. The highest BCUT2D eigenvalue weighted by Gasteiger charge is 2.25. The van der Waals surface area contributed by atoms with Crippen LogP contribution in [0.1, 0.15) is 28.9 Å². The fraction of sp³-hybridized carbons (Fsp3) is 0.375. The van der Waals surface area contributed by atoms with E-state index in [2.05, 4.69) is 15.0 Å². The number of carbonyl (C=O) groups is 1. The van der Waals surface area contributed by atoms with E-state index in [1.807, 2.05) is 12.1 Å². The van der Waals surface area contributed by atoms with Gasteiger partial charge in [-0.15, -0.1) is 0 Å². The molecule has 126 valence electrons. The predicted octanol–water partition coefficient (Wildman–Crippen LogP) is 0.280. The molecule has 0 spiro atoms. The van der Waals surface area contributed by atoms with Crippen LogP contribution in [-0.2, 0) is 11.3 Å². The van der Waals surface area contributed by atoms with Gasteiger partial charge in [0.05, 0.1) is 18.3 Å². The molecule has 1 fully saturated rings. The van der Waals surface area contributed by atoms with Crippen molar-refractivity contribution < 1.29 is 9.53 Å². The molecule has 0 saturated carbocycles. The Hall–Kier alpha value is -2.74. The molecule has 0 bridgehead atoms. The maximum Gasteiger partial charge on any atom is 0.325 e. The summed E-state index contributed by atoms with van der Waals surface area (Å²) in [4.78, 5) is 46.0. The number of hydrogen-bond donors (Lipinski definition) is 2. The third-order valence-corrected chi connectivity index (χ3v) is 3.86. The molecule has 1 aliphatic heterocycles. The summed E-state index contributed by atoms with van der Waals surface area (Å²) in [5.74, 6) is -0.464. The second-order valence-corrected chi connectivity index (χ2v) is 5.63. The van der Waals surface area contributed by atoms with Crippen LogP contribution in [0.4, 0.5) is 0 Å². The van der Waals surface area contributed by atoms with Gasteiger partial charge < -0.3 is 14.6 Å². The van der Waals surface area contributed by atoms with E-state index in [4.69, 9.17) is 4.74 Å². The van der Waals surface area contributed by atoms with Crippen molar-refractivity contribution in [3.05, 3.63) is 62.7 Å². The molecule has 24 heavy (non-hydrogen) atoms. The highest BCUT2D eigenvalue weighted by Crippen LogP contribution is 2.15. The third kappa shape index (κ3) is 3.77. The molecule has 1 aliphatic rings. The van der Waals surface area contributed by atoms with Gasteiger partial charge >= 0.3 is 5.69 Å². The molecular weight excluding hydrogens is 312 g/mol. The number of aromatic nitrogens is 3. The van der Waals surface area contributed by atoms with Gasteiger partial charge in [-0.2, -0.15) is 0 Å².